The molecule has 2 rings (SSSR count). The van der Waals surface area contributed by atoms with Crippen LogP contribution < -0.4 is 10.1 Å². The molecule has 0 aromatic heterocycles. The van der Waals surface area contributed by atoms with Crippen molar-refractivity contribution in [3.8, 4) is 5.75 Å². The molecule has 2 aromatic carbocycles. The molecule has 0 aliphatic rings. The molecule has 0 spiro atoms. The number of anilines is 1. The first kappa shape index (κ1) is 15.3. The highest BCUT2D eigenvalue weighted by Gasteiger charge is 2.10. The average molecular weight is 310 g/mol. The first-order chi connectivity index (χ1) is 10.1. The molecule has 0 atom stereocenters. The van der Waals surface area contributed by atoms with Crippen LogP contribution in [0.4, 0.5) is 10.1 Å². The monoisotopic (exact) mass is 309 g/mol. The van der Waals surface area contributed by atoms with Gasteiger partial charge in [0.05, 0.1) is 11.6 Å². The van der Waals surface area contributed by atoms with E-state index in [4.69, 9.17) is 16.3 Å². The summed E-state index contributed by atoms with van der Waals surface area (Å²) in [4.78, 5) is 11.7. The number of aliphatic hydroxyl groups excluding tert-OH is 1. The van der Waals surface area contributed by atoms with E-state index in [1.54, 1.807) is 24.3 Å². The van der Waals surface area contributed by atoms with Crippen molar-refractivity contribution in [3.63, 3.8) is 0 Å². The summed E-state index contributed by atoms with van der Waals surface area (Å²) in [5, 5.41) is 12.0. The molecule has 110 valence electrons. The SMILES string of the molecule is O=C(COc1c(Cl)cccc1CO)Nc1cccc(F)c1. The predicted octanol–water partition coefficient (Wildman–Crippen LogP) is 2.99. The number of hydrogen-bond acceptors (Lipinski definition) is 3. The van der Waals surface area contributed by atoms with Crippen LogP contribution >= 0.6 is 11.6 Å². The highest BCUT2D eigenvalue weighted by atomic mass is 35.5. The fourth-order valence-electron chi connectivity index (χ4n) is 1.74. The Morgan fingerprint density at radius 1 is 1.29 bits per heavy atom. The van der Waals surface area contributed by atoms with E-state index < -0.39 is 11.7 Å². The smallest absolute Gasteiger partial charge is 0.262 e. The molecular formula is C15H13ClFNO3. The third kappa shape index (κ3) is 4.18. The Morgan fingerprint density at radius 2 is 2.05 bits per heavy atom. The summed E-state index contributed by atoms with van der Waals surface area (Å²) in [7, 11) is 0. The minimum absolute atomic E-state index is 0.249. The van der Waals surface area contributed by atoms with E-state index in [2.05, 4.69) is 5.32 Å². The second-order valence-electron chi connectivity index (χ2n) is 4.23. The van der Waals surface area contributed by atoms with E-state index >= 15 is 0 Å². The van der Waals surface area contributed by atoms with Crippen molar-refractivity contribution >= 4 is 23.2 Å². The number of rotatable bonds is 5. The molecule has 4 nitrogen and oxygen atoms in total. The van der Waals surface area contributed by atoms with Crippen molar-refractivity contribution in [1.29, 1.82) is 0 Å². The number of hydrogen-bond donors (Lipinski definition) is 2. The van der Waals surface area contributed by atoms with Crippen LogP contribution in [0.5, 0.6) is 5.75 Å². The first-order valence-electron chi connectivity index (χ1n) is 6.16. The number of para-hydroxylation sites is 1. The Bertz CT molecular complexity index is 649. The van der Waals surface area contributed by atoms with Gasteiger partial charge in [0.2, 0.25) is 0 Å². The van der Waals surface area contributed by atoms with Gasteiger partial charge in [-0.25, -0.2) is 4.39 Å². The van der Waals surface area contributed by atoms with Crippen LogP contribution in [0.3, 0.4) is 0 Å². The molecule has 0 heterocycles. The van der Waals surface area contributed by atoms with Crippen molar-refractivity contribution in [2.24, 2.45) is 0 Å². The lowest BCUT2D eigenvalue weighted by atomic mass is 10.2. The van der Waals surface area contributed by atoms with Crippen LogP contribution in [0.1, 0.15) is 5.56 Å². The lowest BCUT2D eigenvalue weighted by molar-refractivity contribution is -0.118. The molecule has 1 amide bonds. The molecule has 2 N–H and O–H groups in total. The Hall–Kier alpha value is -2.11. The standard InChI is InChI=1S/C15H13ClFNO3/c16-13-6-1-3-10(8-19)15(13)21-9-14(20)18-12-5-2-4-11(17)7-12/h1-7,19H,8-9H2,(H,18,20). The first-order valence-corrected chi connectivity index (χ1v) is 6.54. The minimum Gasteiger partial charge on any atom is -0.482 e. The number of benzene rings is 2. The summed E-state index contributed by atoms with van der Waals surface area (Å²) in [5.41, 5.74) is 0.825. The summed E-state index contributed by atoms with van der Waals surface area (Å²) in [6, 6.07) is 10.5. The van der Waals surface area contributed by atoms with Crippen LogP contribution in [0, 0.1) is 5.82 Å². The second kappa shape index (κ2) is 7.06. The van der Waals surface area contributed by atoms with Gasteiger partial charge in [-0.05, 0) is 24.3 Å². The minimum atomic E-state index is -0.454. The maximum absolute atomic E-state index is 13.0. The van der Waals surface area contributed by atoms with Gasteiger partial charge in [0.15, 0.2) is 6.61 Å². The molecule has 6 heteroatoms. The Balaban J connectivity index is 1.99. The highest BCUT2D eigenvalue weighted by Crippen LogP contribution is 2.28. The zero-order valence-corrected chi connectivity index (χ0v) is 11.7. The molecule has 0 saturated carbocycles. The van der Waals surface area contributed by atoms with Crippen LogP contribution in [-0.4, -0.2) is 17.6 Å². The quantitative estimate of drug-likeness (QED) is 0.892. The van der Waals surface area contributed by atoms with Crippen LogP contribution in [0.25, 0.3) is 0 Å². The molecule has 0 bridgehead atoms. The third-order valence-electron chi connectivity index (χ3n) is 2.67. The highest BCUT2D eigenvalue weighted by molar-refractivity contribution is 6.32. The lowest BCUT2D eigenvalue weighted by Gasteiger charge is -2.12. The van der Waals surface area contributed by atoms with Crippen LogP contribution in [0.2, 0.25) is 5.02 Å². The van der Waals surface area contributed by atoms with Crippen molar-refractivity contribution < 1.29 is 19.0 Å². The molecule has 0 saturated heterocycles. The maximum Gasteiger partial charge on any atom is 0.262 e. The van der Waals surface area contributed by atoms with Gasteiger partial charge in [0.1, 0.15) is 11.6 Å². The molecule has 0 fully saturated rings. The van der Waals surface area contributed by atoms with E-state index in [0.29, 0.717) is 16.3 Å². The maximum atomic E-state index is 13.0. The molecule has 0 radical (unpaired) electrons. The topological polar surface area (TPSA) is 58.6 Å². The van der Waals surface area contributed by atoms with E-state index in [0.717, 1.165) is 0 Å². The number of carbonyl (C=O) groups excluding carboxylic acids is 1. The molecule has 0 aliphatic heterocycles. The van der Waals surface area contributed by atoms with Crippen molar-refractivity contribution in [3.05, 3.63) is 58.9 Å². The lowest BCUT2D eigenvalue weighted by Crippen LogP contribution is -2.20. The summed E-state index contributed by atoms with van der Waals surface area (Å²) < 4.78 is 18.3. The second-order valence-corrected chi connectivity index (χ2v) is 4.64. The van der Waals surface area contributed by atoms with Gasteiger partial charge in [-0.2, -0.15) is 0 Å². The van der Waals surface area contributed by atoms with Crippen molar-refractivity contribution in [2.45, 2.75) is 6.61 Å². The number of nitrogens with one attached hydrogen (secondary N) is 1. The zero-order valence-electron chi connectivity index (χ0n) is 11.0. The van der Waals surface area contributed by atoms with Crippen LogP contribution in [-0.2, 0) is 11.4 Å². The number of carbonyl (C=O) groups is 1. The van der Waals surface area contributed by atoms with Gasteiger partial charge in [-0.1, -0.05) is 29.8 Å². The number of aliphatic hydroxyl groups is 1. The summed E-state index contributed by atoms with van der Waals surface area (Å²) in [6.07, 6.45) is 0. The zero-order chi connectivity index (χ0) is 15.2. The van der Waals surface area contributed by atoms with Crippen molar-refractivity contribution in [1.82, 2.24) is 0 Å². The van der Waals surface area contributed by atoms with Crippen molar-refractivity contribution in [2.75, 3.05) is 11.9 Å². The van der Waals surface area contributed by atoms with Gasteiger partial charge >= 0.3 is 0 Å². The predicted molar refractivity (Wildman–Crippen MR) is 77.9 cm³/mol. The van der Waals surface area contributed by atoms with Gasteiger partial charge in [0.25, 0.3) is 5.91 Å². The molecule has 21 heavy (non-hydrogen) atoms. The van der Waals surface area contributed by atoms with Gasteiger partial charge in [-0.3, -0.25) is 4.79 Å². The largest absolute Gasteiger partial charge is 0.482 e. The van der Waals surface area contributed by atoms with Gasteiger partial charge in [-0.15, -0.1) is 0 Å². The fourth-order valence-corrected chi connectivity index (χ4v) is 1.99. The van der Waals surface area contributed by atoms with Gasteiger partial charge < -0.3 is 15.2 Å². The number of ether oxygens (including phenoxy) is 1. The molecule has 0 aliphatic carbocycles. The number of amides is 1. The summed E-state index contributed by atoms with van der Waals surface area (Å²) in [6.45, 7) is -0.547. The molecule has 0 unspecified atom stereocenters. The number of halogens is 2. The molecular weight excluding hydrogens is 297 g/mol. The third-order valence-corrected chi connectivity index (χ3v) is 2.97. The summed E-state index contributed by atoms with van der Waals surface area (Å²) in [5.74, 6) is -0.636. The van der Waals surface area contributed by atoms with E-state index in [1.807, 2.05) is 0 Å². The Morgan fingerprint density at radius 3 is 2.76 bits per heavy atom. The van der Waals surface area contributed by atoms with E-state index in [-0.39, 0.29) is 19.0 Å². The van der Waals surface area contributed by atoms with E-state index in [9.17, 15) is 14.3 Å². The van der Waals surface area contributed by atoms with Gasteiger partial charge in [0, 0.05) is 11.3 Å². The fraction of sp³-hybridized carbons (Fsp3) is 0.133. The van der Waals surface area contributed by atoms with Crippen LogP contribution in [0.15, 0.2) is 42.5 Å². The molecule has 2 aromatic rings. The van der Waals surface area contributed by atoms with E-state index in [1.165, 1.54) is 18.2 Å². The summed E-state index contributed by atoms with van der Waals surface area (Å²) >= 11 is 5.96. The Kier molecular flexibility index (Phi) is 5.14. The normalized spacial score (nSPS) is 10.2. The Labute approximate surface area is 126 Å². The average Bonchev–Trinajstić information content (AvgIpc) is 2.45.